The Bertz CT molecular complexity index is 1790. The fraction of sp³-hybridized carbons (Fsp3) is 0.387. The van der Waals surface area contributed by atoms with Crippen molar-refractivity contribution in [2.75, 3.05) is 6.61 Å². The maximum Gasteiger partial charge on any atom is 0.439 e. The Morgan fingerprint density at radius 3 is 2.46 bits per heavy atom. The van der Waals surface area contributed by atoms with Crippen LogP contribution in [0.15, 0.2) is 69.0 Å². The Labute approximate surface area is 236 Å². The normalized spacial score (nSPS) is 19.1. The molecule has 5 aromatic rings. The van der Waals surface area contributed by atoms with Crippen LogP contribution in [0.4, 0.5) is 0 Å². The predicted octanol–water partition coefficient (Wildman–Crippen LogP) is 4.56. The second kappa shape index (κ2) is 10.9. The summed E-state index contributed by atoms with van der Waals surface area (Å²) in [4.78, 5) is 32.9. The highest BCUT2D eigenvalue weighted by molar-refractivity contribution is 5.80. The van der Waals surface area contributed by atoms with Crippen molar-refractivity contribution >= 4 is 5.78 Å². The van der Waals surface area contributed by atoms with Gasteiger partial charge >= 0.3 is 5.76 Å². The minimum absolute atomic E-state index is 0.00374. The Hall–Kier alpha value is -4.31. The predicted molar refractivity (Wildman–Crippen MR) is 155 cm³/mol. The van der Waals surface area contributed by atoms with Crippen LogP contribution in [0.1, 0.15) is 68.8 Å². The summed E-state index contributed by atoms with van der Waals surface area (Å²) in [5.74, 6) is 0.374. The number of hydrogen-bond acceptors (Lipinski definition) is 7. The van der Waals surface area contributed by atoms with Gasteiger partial charge in [-0.05, 0) is 54.2 Å². The summed E-state index contributed by atoms with van der Waals surface area (Å²) in [5, 5.41) is 18.3. The third kappa shape index (κ3) is 5.04. The second-order valence-electron chi connectivity index (χ2n) is 11.4. The Morgan fingerprint density at radius 1 is 1.07 bits per heavy atom. The first-order valence-corrected chi connectivity index (χ1v) is 14.2. The molecule has 0 radical (unpaired) electrons. The molecule has 2 N–H and O–H groups in total. The molecule has 3 heterocycles. The van der Waals surface area contributed by atoms with Crippen LogP contribution >= 0.6 is 0 Å². The molecule has 212 valence electrons. The number of nitrogens with one attached hydrogen (secondary N) is 1. The first-order valence-electron chi connectivity index (χ1n) is 14.2. The minimum atomic E-state index is -0.598. The number of hydrogen-bond donors (Lipinski definition) is 2. The van der Waals surface area contributed by atoms with E-state index >= 15 is 0 Å². The molecule has 1 saturated carbocycles. The Balaban J connectivity index is 1.37. The van der Waals surface area contributed by atoms with Gasteiger partial charge in [0.15, 0.2) is 5.82 Å². The van der Waals surface area contributed by atoms with Gasteiger partial charge in [0.1, 0.15) is 6.33 Å². The van der Waals surface area contributed by atoms with E-state index in [1.54, 1.807) is 0 Å². The first-order chi connectivity index (χ1) is 19.9. The summed E-state index contributed by atoms with van der Waals surface area (Å²) in [6.45, 7) is 4.37. The zero-order valence-electron chi connectivity index (χ0n) is 23.3. The summed E-state index contributed by atoms with van der Waals surface area (Å²) in [7, 11) is 0. The highest BCUT2D eigenvalue weighted by Gasteiger charge is 2.33. The molecule has 41 heavy (non-hydrogen) atoms. The van der Waals surface area contributed by atoms with E-state index in [-0.39, 0.29) is 23.6 Å². The van der Waals surface area contributed by atoms with Crippen molar-refractivity contribution in [1.29, 1.82) is 0 Å². The Morgan fingerprint density at radius 2 is 1.80 bits per heavy atom. The fourth-order valence-corrected chi connectivity index (χ4v) is 6.09. The molecular weight excluding hydrogens is 520 g/mol. The number of aliphatic hydroxyl groups is 1. The molecule has 2 aromatic carbocycles. The molecule has 0 aliphatic heterocycles. The van der Waals surface area contributed by atoms with Crippen molar-refractivity contribution in [3.8, 4) is 22.5 Å². The molecule has 3 aromatic heterocycles. The van der Waals surface area contributed by atoms with Crippen LogP contribution in [-0.2, 0) is 12.8 Å². The average molecular weight is 555 g/mol. The van der Waals surface area contributed by atoms with E-state index in [1.165, 1.54) is 6.33 Å². The van der Waals surface area contributed by atoms with Gasteiger partial charge < -0.3 is 5.11 Å². The standard InChI is InChI=1S/C31H34N6O4/c1-3-6-26-25(28(39)36(29-32-19-33-37(26)29)22-13-15-31(2,18-38)16-14-22)17-20-9-11-21(12-10-20)23-7-4-5-8-24(23)27-34-30(40)41-35-27/h4-5,7-12,19,22,38H,3,6,13-18H2,1-2H3,(H,34,35,40). The van der Waals surface area contributed by atoms with Crippen molar-refractivity contribution in [3.05, 3.63) is 92.6 Å². The lowest BCUT2D eigenvalue weighted by atomic mass is 9.74. The molecular formula is C31H34N6O4. The molecule has 1 aliphatic rings. The molecule has 0 saturated heterocycles. The van der Waals surface area contributed by atoms with Gasteiger partial charge in [-0.2, -0.15) is 10.1 Å². The lowest BCUT2D eigenvalue weighted by Gasteiger charge is -2.36. The van der Waals surface area contributed by atoms with Gasteiger partial charge in [-0.25, -0.2) is 9.31 Å². The molecule has 0 bridgehead atoms. The van der Waals surface area contributed by atoms with Crippen LogP contribution in [-0.4, -0.2) is 41.0 Å². The lowest BCUT2D eigenvalue weighted by molar-refractivity contribution is 0.0828. The number of fused-ring (bicyclic) bond motifs is 1. The third-order valence-electron chi connectivity index (χ3n) is 8.49. The zero-order chi connectivity index (χ0) is 28.6. The number of aryl methyl sites for hydroxylation is 1. The van der Waals surface area contributed by atoms with Gasteiger partial charge in [0.25, 0.3) is 5.56 Å². The molecule has 0 atom stereocenters. The highest BCUT2D eigenvalue weighted by atomic mass is 16.5. The summed E-state index contributed by atoms with van der Waals surface area (Å²) in [6.07, 6.45) is 6.96. The van der Waals surface area contributed by atoms with Crippen LogP contribution in [0, 0.1) is 5.41 Å². The fourth-order valence-electron chi connectivity index (χ4n) is 6.09. The number of benzene rings is 2. The van der Waals surface area contributed by atoms with Crippen molar-refractivity contribution in [3.63, 3.8) is 0 Å². The van der Waals surface area contributed by atoms with Crippen LogP contribution in [0.5, 0.6) is 0 Å². The van der Waals surface area contributed by atoms with E-state index in [4.69, 9.17) is 4.52 Å². The van der Waals surface area contributed by atoms with Crippen molar-refractivity contribution in [2.24, 2.45) is 5.41 Å². The molecule has 10 nitrogen and oxygen atoms in total. The van der Waals surface area contributed by atoms with E-state index in [0.717, 1.165) is 72.0 Å². The quantitative estimate of drug-likeness (QED) is 0.287. The van der Waals surface area contributed by atoms with E-state index in [0.29, 0.717) is 18.0 Å². The van der Waals surface area contributed by atoms with Crippen LogP contribution in [0.3, 0.4) is 0 Å². The summed E-state index contributed by atoms with van der Waals surface area (Å²) in [5.41, 5.74) is 5.19. The van der Waals surface area contributed by atoms with Gasteiger partial charge in [0, 0.05) is 30.2 Å². The van der Waals surface area contributed by atoms with Crippen molar-refractivity contribution in [2.45, 2.75) is 64.8 Å². The topological polar surface area (TPSA) is 131 Å². The molecule has 6 rings (SSSR count). The van der Waals surface area contributed by atoms with E-state index < -0.39 is 5.76 Å². The monoisotopic (exact) mass is 554 g/mol. The average Bonchev–Trinajstić information content (AvgIpc) is 3.66. The summed E-state index contributed by atoms with van der Waals surface area (Å²) >= 11 is 0. The number of aromatic nitrogens is 6. The van der Waals surface area contributed by atoms with Gasteiger partial charge in [-0.3, -0.25) is 18.9 Å². The van der Waals surface area contributed by atoms with Gasteiger partial charge in [0.05, 0.1) is 5.69 Å². The van der Waals surface area contributed by atoms with E-state index in [9.17, 15) is 14.7 Å². The number of nitrogens with zero attached hydrogens (tertiary/aromatic N) is 5. The zero-order valence-corrected chi connectivity index (χ0v) is 23.3. The molecule has 10 heteroatoms. The van der Waals surface area contributed by atoms with Crippen LogP contribution in [0.25, 0.3) is 28.3 Å². The number of rotatable bonds is 8. The summed E-state index contributed by atoms with van der Waals surface area (Å²) in [6, 6.07) is 15.8. The van der Waals surface area contributed by atoms with Crippen molar-refractivity contribution < 1.29 is 9.63 Å². The second-order valence-corrected chi connectivity index (χ2v) is 11.4. The van der Waals surface area contributed by atoms with Crippen molar-refractivity contribution in [1.82, 2.24) is 29.3 Å². The maximum absolute atomic E-state index is 14.2. The number of H-pyrrole nitrogens is 1. The third-order valence-corrected chi connectivity index (χ3v) is 8.49. The van der Waals surface area contributed by atoms with Gasteiger partial charge in [0.2, 0.25) is 5.78 Å². The highest BCUT2D eigenvalue weighted by Crippen LogP contribution is 2.40. The molecule has 0 amide bonds. The summed E-state index contributed by atoms with van der Waals surface area (Å²) < 4.78 is 8.42. The largest absolute Gasteiger partial charge is 0.439 e. The Kier molecular flexibility index (Phi) is 7.17. The SMILES string of the molecule is CCCc1c(Cc2ccc(-c3ccccc3-c3noc(=O)[nH]3)cc2)c(=O)n(C2CCC(C)(CO)CC2)c2ncnn12. The van der Waals surface area contributed by atoms with Gasteiger partial charge in [-0.1, -0.05) is 74.0 Å². The number of aliphatic hydroxyl groups excluding tert-OH is 1. The van der Waals surface area contributed by atoms with Gasteiger partial charge in [-0.15, -0.1) is 0 Å². The molecule has 1 aliphatic carbocycles. The maximum atomic E-state index is 14.2. The van der Waals surface area contributed by atoms with E-state index in [1.807, 2.05) is 57.6 Å². The first kappa shape index (κ1) is 26.9. The number of aromatic amines is 1. The molecule has 0 unspecified atom stereocenters. The minimum Gasteiger partial charge on any atom is -0.396 e. The smallest absolute Gasteiger partial charge is 0.396 e. The van der Waals surface area contributed by atoms with Crippen LogP contribution in [0.2, 0.25) is 0 Å². The lowest BCUT2D eigenvalue weighted by Crippen LogP contribution is -2.36. The van der Waals surface area contributed by atoms with Crippen LogP contribution < -0.4 is 11.3 Å². The molecule has 1 fully saturated rings. The van der Waals surface area contributed by atoms with E-state index in [2.05, 4.69) is 34.1 Å². The molecule has 0 spiro atoms.